The Hall–Kier alpha value is -2.05. The molecule has 2 N–H and O–H groups in total. The van der Waals surface area contributed by atoms with E-state index in [1.54, 1.807) is 14.2 Å². The molecule has 0 aliphatic heterocycles. The van der Waals surface area contributed by atoms with Crippen molar-refractivity contribution in [3.63, 3.8) is 0 Å². The molecule has 0 saturated carbocycles. The summed E-state index contributed by atoms with van der Waals surface area (Å²) in [4.78, 5) is 4.18. The van der Waals surface area contributed by atoms with Crippen LogP contribution < -0.4 is 20.1 Å². The lowest BCUT2D eigenvalue weighted by molar-refractivity contribution is 0.321. The fourth-order valence-electron chi connectivity index (χ4n) is 2.16. The van der Waals surface area contributed by atoms with E-state index in [0.717, 1.165) is 17.2 Å². The van der Waals surface area contributed by atoms with Crippen LogP contribution in [0.5, 0.6) is 11.5 Å². The molecule has 1 heterocycles. The van der Waals surface area contributed by atoms with Gasteiger partial charge in [-0.3, -0.25) is 4.99 Å². The summed E-state index contributed by atoms with van der Waals surface area (Å²) >= 11 is 12.1. The van der Waals surface area contributed by atoms with Crippen LogP contribution in [0.1, 0.15) is 5.69 Å². The second kappa shape index (κ2) is 9.44. The van der Waals surface area contributed by atoms with Gasteiger partial charge in [-0.1, -0.05) is 23.2 Å². The fraction of sp³-hybridized carbons (Fsp3) is 0.353. The van der Waals surface area contributed by atoms with Crippen molar-refractivity contribution in [3.8, 4) is 11.5 Å². The number of aliphatic imine (C=N–C) groups is 1. The largest absolute Gasteiger partial charge is 0.497 e. The van der Waals surface area contributed by atoms with E-state index in [0.29, 0.717) is 35.8 Å². The van der Waals surface area contributed by atoms with E-state index in [2.05, 4.69) is 15.6 Å². The third kappa shape index (κ3) is 5.47. The first-order chi connectivity index (χ1) is 12.0. The lowest BCUT2D eigenvalue weighted by Crippen LogP contribution is -2.39. The van der Waals surface area contributed by atoms with Crippen molar-refractivity contribution in [1.82, 2.24) is 15.2 Å². The third-order valence-electron chi connectivity index (χ3n) is 3.60. The molecule has 0 aliphatic rings. The van der Waals surface area contributed by atoms with Crippen molar-refractivity contribution in [2.24, 2.45) is 12.0 Å². The van der Waals surface area contributed by atoms with E-state index in [-0.39, 0.29) is 0 Å². The van der Waals surface area contributed by atoms with Crippen LogP contribution in [0.4, 0.5) is 0 Å². The maximum absolute atomic E-state index is 6.06. The number of aromatic nitrogens is 1. The number of hydrogen-bond acceptors (Lipinski definition) is 3. The average Bonchev–Trinajstić information content (AvgIpc) is 2.88. The Morgan fingerprint density at radius 1 is 1.16 bits per heavy atom. The average molecular weight is 385 g/mol. The van der Waals surface area contributed by atoms with Gasteiger partial charge in [-0.25, -0.2) is 0 Å². The molecule has 0 amide bonds. The number of hydrogen-bond donors (Lipinski definition) is 2. The van der Waals surface area contributed by atoms with Crippen LogP contribution >= 0.6 is 23.2 Å². The highest BCUT2D eigenvalue weighted by Gasteiger charge is 2.09. The molecule has 0 unspecified atom stereocenters. The van der Waals surface area contributed by atoms with Crippen molar-refractivity contribution in [2.45, 2.75) is 6.54 Å². The second-order valence-corrected chi connectivity index (χ2v) is 5.98. The van der Waals surface area contributed by atoms with Gasteiger partial charge in [0.2, 0.25) is 0 Å². The number of benzene rings is 1. The van der Waals surface area contributed by atoms with Gasteiger partial charge in [-0.05, 0) is 30.3 Å². The van der Waals surface area contributed by atoms with E-state index in [9.17, 15) is 0 Å². The molecule has 136 valence electrons. The minimum atomic E-state index is 0.509. The summed E-state index contributed by atoms with van der Waals surface area (Å²) in [6.07, 6.45) is 0. The summed E-state index contributed by atoms with van der Waals surface area (Å²) in [5.74, 6) is 2.27. The fourth-order valence-corrected chi connectivity index (χ4v) is 2.58. The van der Waals surface area contributed by atoms with Crippen molar-refractivity contribution < 1.29 is 9.47 Å². The molecule has 2 aromatic rings. The first-order valence-corrected chi connectivity index (χ1v) is 8.51. The van der Waals surface area contributed by atoms with Crippen molar-refractivity contribution >= 4 is 29.2 Å². The Labute approximate surface area is 157 Å². The van der Waals surface area contributed by atoms with Gasteiger partial charge in [0, 0.05) is 19.8 Å². The number of rotatable bonds is 7. The van der Waals surface area contributed by atoms with E-state index in [1.165, 1.54) is 0 Å². The second-order valence-electron chi connectivity index (χ2n) is 5.21. The zero-order chi connectivity index (χ0) is 18.2. The maximum Gasteiger partial charge on any atom is 0.191 e. The van der Waals surface area contributed by atoms with Gasteiger partial charge in [-0.15, -0.1) is 0 Å². The molecule has 0 aliphatic carbocycles. The Kier molecular flexibility index (Phi) is 7.28. The molecule has 25 heavy (non-hydrogen) atoms. The van der Waals surface area contributed by atoms with Crippen LogP contribution in [-0.4, -0.2) is 37.8 Å². The summed E-state index contributed by atoms with van der Waals surface area (Å²) in [5, 5.41) is 7.46. The Morgan fingerprint density at radius 2 is 1.84 bits per heavy atom. The van der Waals surface area contributed by atoms with Crippen LogP contribution in [0.15, 0.2) is 35.3 Å². The lowest BCUT2D eigenvalue weighted by atomic mass is 10.3. The molecule has 2 rings (SSSR count). The summed E-state index contributed by atoms with van der Waals surface area (Å²) < 4.78 is 12.6. The van der Waals surface area contributed by atoms with Crippen LogP contribution in [0.25, 0.3) is 0 Å². The summed E-state index contributed by atoms with van der Waals surface area (Å²) in [6, 6.07) is 9.29. The predicted octanol–water partition coefficient (Wildman–Crippen LogP) is 3.08. The maximum atomic E-state index is 6.06. The highest BCUT2D eigenvalue weighted by molar-refractivity contribution is 6.41. The number of halogens is 2. The topological polar surface area (TPSA) is 59.8 Å². The van der Waals surface area contributed by atoms with Crippen LogP contribution in [0.2, 0.25) is 10.2 Å². The molecule has 0 fully saturated rings. The molecular formula is C17H22Cl2N4O2. The Bertz CT molecular complexity index is 714. The minimum absolute atomic E-state index is 0.509. The van der Waals surface area contributed by atoms with Crippen molar-refractivity contribution in [3.05, 3.63) is 46.2 Å². The minimum Gasteiger partial charge on any atom is -0.497 e. The number of ether oxygens (including phenoxy) is 2. The Balaban J connectivity index is 1.73. The molecule has 0 saturated heterocycles. The summed E-state index contributed by atoms with van der Waals surface area (Å²) in [7, 11) is 5.21. The zero-order valence-electron chi connectivity index (χ0n) is 14.5. The third-order valence-corrected chi connectivity index (χ3v) is 4.44. The smallest absolute Gasteiger partial charge is 0.191 e. The number of nitrogens with zero attached hydrogens (tertiary/aromatic N) is 2. The van der Waals surface area contributed by atoms with Crippen LogP contribution in [0, 0.1) is 0 Å². The normalized spacial score (nSPS) is 11.3. The van der Waals surface area contributed by atoms with Crippen molar-refractivity contribution in [2.75, 3.05) is 27.3 Å². The highest BCUT2D eigenvalue weighted by atomic mass is 35.5. The zero-order valence-corrected chi connectivity index (χ0v) is 16.0. The van der Waals surface area contributed by atoms with Crippen LogP contribution in [-0.2, 0) is 13.6 Å². The van der Waals surface area contributed by atoms with E-state index in [1.807, 2.05) is 41.9 Å². The van der Waals surface area contributed by atoms with Gasteiger partial charge in [0.25, 0.3) is 0 Å². The summed E-state index contributed by atoms with van der Waals surface area (Å²) in [6.45, 7) is 1.68. The van der Waals surface area contributed by atoms with Gasteiger partial charge < -0.3 is 24.7 Å². The SMILES string of the molecule is CN=C(NCCOc1ccc(OC)cc1)NCc1cc(Cl)c(Cl)n1C. The molecule has 0 radical (unpaired) electrons. The van der Waals surface area contributed by atoms with E-state index >= 15 is 0 Å². The highest BCUT2D eigenvalue weighted by Crippen LogP contribution is 2.24. The molecule has 0 spiro atoms. The molecular weight excluding hydrogens is 363 g/mol. The van der Waals surface area contributed by atoms with Gasteiger partial charge in [0.05, 0.1) is 25.2 Å². The first kappa shape index (κ1) is 19.3. The van der Waals surface area contributed by atoms with Gasteiger partial charge in [-0.2, -0.15) is 0 Å². The van der Waals surface area contributed by atoms with Gasteiger partial charge in [0.1, 0.15) is 23.3 Å². The van der Waals surface area contributed by atoms with E-state index in [4.69, 9.17) is 32.7 Å². The molecule has 6 nitrogen and oxygen atoms in total. The lowest BCUT2D eigenvalue weighted by Gasteiger charge is -2.13. The molecule has 1 aromatic carbocycles. The quantitative estimate of drug-likeness (QED) is 0.437. The number of methoxy groups -OCH3 is 1. The number of nitrogens with one attached hydrogen (secondary N) is 2. The standard InChI is InChI=1S/C17H22Cl2N4O2/c1-20-17(22-11-12-10-15(18)16(19)23(12)2)21-8-9-25-14-6-4-13(24-3)5-7-14/h4-7,10H,8-9,11H2,1-3H3,(H2,20,21,22). The first-order valence-electron chi connectivity index (χ1n) is 7.76. The molecule has 0 bridgehead atoms. The predicted molar refractivity (Wildman–Crippen MR) is 102 cm³/mol. The molecule has 0 atom stereocenters. The molecule has 8 heteroatoms. The Morgan fingerprint density at radius 3 is 2.40 bits per heavy atom. The summed E-state index contributed by atoms with van der Waals surface area (Å²) in [5.41, 5.74) is 0.965. The molecule has 1 aromatic heterocycles. The number of guanidine groups is 1. The van der Waals surface area contributed by atoms with Crippen LogP contribution in [0.3, 0.4) is 0 Å². The van der Waals surface area contributed by atoms with Gasteiger partial charge >= 0.3 is 0 Å². The van der Waals surface area contributed by atoms with Crippen molar-refractivity contribution in [1.29, 1.82) is 0 Å². The van der Waals surface area contributed by atoms with Gasteiger partial charge in [0.15, 0.2) is 5.96 Å². The van der Waals surface area contributed by atoms with E-state index < -0.39 is 0 Å². The monoisotopic (exact) mass is 384 g/mol.